The maximum Gasteiger partial charge on any atom is 0.416 e. The lowest BCUT2D eigenvalue weighted by molar-refractivity contribution is -0.137. The van der Waals surface area contributed by atoms with Crippen LogP contribution in [0.25, 0.3) is 0 Å². The Bertz CT molecular complexity index is 714. The second kappa shape index (κ2) is 5.98. The molecule has 1 heterocycles. The van der Waals surface area contributed by atoms with Crippen molar-refractivity contribution in [3.8, 4) is 5.88 Å². The SMILES string of the molecule is CCn1c(O)c(C=Nc2ccc(C(F)(F)F)cc2)sc1=S. The van der Waals surface area contributed by atoms with Gasteiger partial charge in [-0.25, -0.2) is 0 Å². The summed E-state index contributed by atoms with van der Waals surface area (Å²) in [6, 6.07) is 4.47. The number of alkyl halides is 3. The van der Waals surface area contributed by atoms with E-state index in [0.29, 0.717) is 21.1 Å². The fraction of sp³-hybridized carbons (Fsp3) is 0.231. The molecule has 0 spiro atoms. The van der Waals surface area contributed by atoms with Crippen LogP contribution in [-0.2, 0) is 12.7 Å². The Labute approximate surface area is 128 Å². The van der Waals surface area contributed by atoms with E-state index in [1.165, 1.54) is 29.7 Å². The van der Waals surface area contributed by atoms with Crippen LogP contribution in [0, 0.1) is 3.95 Å². The van der Waals surface area contributed by atoms with Crippen molar-refractivity contribution in [3.05, 3.63) is 38.7 Å². The van der Waals surface area contributed by atoms with Gasteiger partial charge in [0.1, 0.15) is 4.88 Å². The number of halogens is 3. The molecule has 0 bridgehead atoms. The van der Waals surface area contributed by atoms with Gasteiger partial charge in [0.05, 0.1) is 17.5 Å². The van der Waals surface area contributed by atoms with E-state index >= 15 is 0 Å². The first kappa shape index (κ1) is 15.7. The molecule has 3 nitrogen and oxygen atoms in total. The van der Waals surface area contributed by atoms with Crippen molar-refractivity contribution >= 4 is 35.5 Å². The first-order valence-electron chi connectivity index (χ1n) is 5.97. The van der Waals surface area contributed by atoms with E-state index in [4.69, 9.17) is 12.2 Å². The number of aromatic nitrogens is 1. The van der Waals surface area contributed by atoms with Crippen molar-refractivity contribution in [1.82, 2.24) is 4.57 Å². The summed E-state index contributed by atoms with van der Waals surface area (Å²) >= 11 is 6.27. The molecule has 0 unspecified atom stereocenters. The lowest BCUT2D eigenvalue weighted by Gasteiger charge is -2.05. The largest absolute Gasteiger partial charge is 0.493 e. The minimum Gasteiger partial charge on any atom is -0.493 e. The molecular formula is C13H11F3N2OS2. The van der Waals surface area contributed by atoms with Crippen molar-refractivity contribution < 1.29 is 18.3 Å². The first-order valence-corrected chi connectivity index (χ1v) is 7.19. The molecule has 0 fully saturated rings. The summed E-state index contributed by atoms with van der Waals surface area (Å²) in [7, 11) is 0. The smallest absolute Gasteiger partial charge is 0.416 e. The molecule has 0 saturated heterocycles. The molecular weight excluding hydrogens is 321 g/mol. The van der Waals surface area contributed by atoms with Gasteiger partial charge < -0.3 is 5.11 Å². The summed E-state index contributed by atoms with van der Waals surface area (Å²) in [5.41, 5.74) is -0.359. The fourth-order valence-corrected chi connectivity index (χ4v) is 2.95. The molecule has 0 amide bonds. The summed E-state index contributed by atoms with van der Waals surface area (Å²) in [6.07, 6.45) is -2.97. The quantitative estimate of drug-likeness (QED) is 0.649. The van der Waals surface area contributed by atoms with Gasteiger partial charge in [-0.05, 0) is 43.4 Å². The van der Waals surface area contributed by atoms with E-state index in [1.807, 2.05) is 6.92 Å². The van der Waals surface area contributed by atoms with Crippen LogP contribution < -0.4 is 0 Å². The lowest BCUT2D eigenvalue weighted by atomic mass is 10.2. The number of rotatable bonds is 3. The Hall–Kier alpha value is -1.67. The zero-order valence-electron chi connectivity index (χ0n) is 10.9. The Balaban J connectivity index is 2.24. The lowest BCUT2D eigenvalue weighted by Crippen LogP contribution is -2.03. The molecule has 1 aromatic heterocycles. The molecule has 21 heavy (non-hydrogen) atoms. The molecule has 0 aliphatic rings. The number of nitrogens with zero attached hydrogens (tertiary/aromatic N) is 2. The summed E-state index contributed by atoms with van der Waals surface area (Å²) in [6.45, 7) is 2.38. The number of benzene rings is 1. The predicted molar refractivity (Wildman–Crippen MR) is 79.2 cm³/mol. The molecule has 0 aliphatic heterocycles. The second-order valence-electron chi connectivity index (χ2n) is 4.10. The van der Waals surface area contributed by atoms with Gasteiger partial charge in [-0.2, -0.15) is 13.2 Å². The average molecular weight is 332 g/mol. The molecule has 0 aliphatic carbocycles. The van der Waals surface area contributed by atoms with Gasteiger partial charge in [0.15, 0.2) is 3.95 Å². The van der Waals surface area contributed by atoms with Crippen LogP contribution in [0.4, 0.5) is 18.9 Å². The Morgan fingerprint density at radius 1 is 1.33 bits per heavy atom. The van der Waals surface area contributed by atoms with E-state index in [0.717, 1.165) is 12.1 Å². The maximum absolute atomic E-state index is 12.4. The third kappa shape index (κ3) is 3.51. The predicted octanol–water partition coefficient (Wildman–Crippen LogP) is 4.77. The van der Waals surface area contributed by atoms with Crippen molar-refractivity contribution in [2.75, 3.05) is 0 Å². The minimum absolute atomic E-state index is 0.0168. The highest BCUT2D eigenvalue weighted by Gasteiger charge is 2.29. The van der Waals surface area contributed by atoms with Gasteiger partial charge in [0.25, 0.3) is 0 Å². The van der Waals surface area contributed by atoms with E-state index in [-0.39, 0.29) is 5.88 Å². The number of hydrogen-bond acceptors (Lipinski definition) is 4. The molecule has 112 valence electrons. The van der Waals surface area contributed by atoms with Gasteiger partial charge in [-0.3, -0.25) is 9.56 Å². The van der Waals surface area contributed by atoms with Crippen LogP contribution >= 0.6 is 23.6 Å². The highest BCUT2D eigenvalue weighted by atomic mass is 32.1. The minimum atomic E-state index is -4.36. The topological polar surface area (TPSA) is 37.5 Å². The highest BCUT2D eigenvalue weighted by Crippen LogP contribution is 2.30. The van der Waals surface area contributed by atoms with Crippen molar-refractivity contribution in [1.29, 1.82) is 0 Å². The molecule has 0 radical (unpaired) electrons. The molecule has 2 aromatic rings. The van der Waals surface area contributed by atoms with Crippen LogP contribution in [0.5, 0.6) is 5.88 Å². The monoisotopic (exact) mass is 332 g/mol. The molecule has 0 saturated carbocycles. The average Bonchev–Trinajstić information content (AvgIpc) is 2.70. The Morgan fingerprint density at radius 2 is 1.95 bits per heavy atom. The van der Waals surface area contributed by atoms with Crippen LogP contribution in [-0.4, -0.2) is 15.9 Å². The van der Waals surface area contributed by atoms with Crippen molar-refractivity contribution in [3.63, 3.8) is 0 Å². The van der Waals surface area contributed by atoms with Gasteiger partial charge in [-0.15, -0.1) is 0 Å². The summed E-state index contributed by atoms with van der Waals surface area (Å²) in [5, 5.41) is 9.91. The van der Waals surface area contributed by atoms with Crippen molar-refractivity contribution in [2.45, 2.75) is 19.6 Å². The van der Waals surface area contributed by atoms with E-state index < -0.39 is 11.7 Å². The third-order valence-electron chi connectivity index (χ3n) is 2.74. The van der Waals surface area contributed by atoms with E-state index in [9.17, 15) is 18.3 Å². The van der Waals surface area contributed by atoms with E-state index in [1.54, 1.807) is 4.57 Å². The normalized spacial score (nSPS) is 12.2. The maximum atomic E-state index is 12.4. The Morgan fingerprint density at radius 3 is 2.43 bits per heavy atom. The van der Waals surface area contributed by atoms with Gasteiger partial charge >= 0.3 is 6.18 Å². The summed E-state index contributed by atoms with van der Waals surface area (Å²) in [5.74, 6) is 0.0168. The third-order valence-corrected chi connectivity index (χ3v) is 4.11. The number of aliphatic imine (C=N–C) groups is 1. The Kier molecular flexibility index (Phi) is 4.48. The zero-order valence-corrected chi connectivity index (χ0v) is 12.5. The van der Waals surface area contributed by atoms with Crippen LogP contribution in [0.15, 0.2) is 29.3 Å². The molecule has 2 rings (SSSR count). The molecule has 0 atom stereocenters. The van der Waals surface area contributed by atoms with Gasteiger partial charge in [-0.1, -0.05) is 11.3 Å². The fourth-order valence-electron chi connectivity index (χ4n) is 1.65. The molecule has 1 N–H and O–H groups in total. The first-order chi connectivity index (χ1) is 9.82. The standard InChI is InChI=1S/C13H11F3N2OS2/c1-2-18-11(19)10(21-12(18)20)7-17-9-5-3-8(4-6-9)13(14,15)16/h3-7,19H,2H2,1H3. The van der Waals surface area contributed by atoms with Gasteiger partial charge in [0.2, 0.25) is 5.88 Å². The number of hydrogen-bond donors (Lipinski definition) is 1. The zero-order chi connectivity index (χ0) is 15.6. The van der Waals surface area contributed by atoms with Gasteiger partial charge in [0, 0.05) is 6.54 Å². The second-order valence-corrected chi connectivity index (χ2v) is 5.78. The van der Waals surface area contributed by atoms with Crippen LogP contribution in [0.2, 0.25) is 0 Å². The molecule has 8 heteroatoms. The highest BCUT2D eigenvalue weighted by molar-refractivity contribution is 7.73. The number of thiazole rings is 1. The van der Waals surface area contributed by atoms with Crippen molar-refractivity contribution in [2.24, 2.45) is 4.99 Å². The number of aromatic hydroxyl groups is 1. The summed E-state index contributed by atoms with van der Waals surface area (Å²) in [4.78, 5) is 4.52. The summed E-state index contributed by atoms with van der Waals surface area (Å²) < 4.78 is 39.3. The van der Waals surface area contributed by atoms with Crippen LogP contribution in [0.3, 0.4) is 0 Å². The molecule has 1 aromatic carbocycles. The van der Waals surface area contributed by atoms with Crippen LogP contribution in [0.1, 0.15) is 17.4 Å². The van der Waals surface area contributed by atoms with E-state index in [2.05, 4.69) is 4.99 Å².